The molecule has 3 amide bonds. The van der Waals surface area contributed by atoms with Crippen molar-refractivity contribution in [1.29, 1.82) is 0 Å². The van der Waals surface area contributed by atoms with Gasteiger partial charge in [-0.1, -0.05) is 49.4 Å². The number of amides is 3. The molecular formula is C34H30N4O4S3. The summed E-state index contributed by atoms with van der Waals surface area (Å²) in [5.74, 6) is -0.271. The van der Waals surface area contributed by atoms with Crippen LogP contribution in [0.15, 0.2) is 112 Å². The lowest BCUT2D eigenvalue weighted by atomic mass is 10.2. The van der Waals surface area contributed by atoms with Gasteiger partial charge in [-0.2, -0.15) is 0 Å². The van der Waals surface area contributed by atoms with Crippen LogP contribution in [0.2, 0.25) is 0 Å². The van der Waals surface area contributed by atoms with Gasteiger partial charge in [0.15, 0.2) is 5.13 Å². The largest absolute Gasteiger partial charge is 0.497 e. The second-order valence-corrected chi connectivity index (χ2v) is 12.8. The standard InChI is InChI=1S/C34H30N4O4S3/c1-3-30(33(41)38-34-37-29(21-44-34)23-12-7-14-25(18-23)42-2)45-27-15-8-13-24(19-27)35-32(40)28(20-26-16-9-17-43-26)36-31(39)22-10-5-4-6-11-22/h4-21,30H,3H2,1-2H3,(H,35,40)(H,36,39)(H,37,38,41)/b28-20-. The molecule has 11 heteroatoms. The van der Waals surface area contributed by atoms with E-state index in [1.807, 2.05) is 78.3 Å². The minimum absolute atomic E-state index is 0.118. The first kappa shape index (κ1) is 31.7. The maximum Gasteiger partial charge on any atom is 0.272 e. The number of thiazole rings is 1. The van der Waals surface area contributed by atoms with Crippen LogP contribution in [-0.4, -0.2) is 35.1 Å². The Balaban J connectivity index is 1.25. The quantitative estimate of drug-likeness (QED) is 0.0936. The van der Waals surface area contributed by atoms with E-state index in [1.165, 1.54) is 34.4 Å². The van der Waals surface area contributed by atoms with Crippen molar-refractivity contribution >= 4 is 69.1 Å². The molecule has 0 aliphatic rings. The van der Waals surface area contributed by atoms with Crippen LogP contribution in [0, 0.1) is 0 Å². The summed E-state index contributed by atoms with van der Waals surface area (Å²) in [5.41, 5.74) is 2.75. The van der Waals surface area contributed by atoms with Gasteiger partial charge in [-0.3, -0.25) is 14.4 Å². The predicted molar refractivity (Wildman–Crippen MR) is 184 cm³/mol. The monoisotopic (exact) mass is 654 g/mol. The topological polar surface area (TPSA) is 109 Å². The molecule has 8 nitrogen and oxygen atoms in total. The van der Waals surface area contributed by atoms with Crippen molar-refractivity contribution in [2.24, 2.45) is 0 Å². The number of thiophene rings is 1. The average molecular weight is 655 g/mol. The summed E-state index contributed by atoms with van der Waals surface area (Å²) >= 11 is 4.22. The fraction of sp³-hybridized carbons (Fsp3) is 0.118. The van der Waals surface area contributed by atoms with Gasteiger partial charge in [0.1, 0.15) is 11.4 Å². The van der Waals surface area contributed by atoms with Crippen molar-refractivity contribution < 1.29 is 19.1 Å². The second-order valence-electron chi connectivity index (χ2n) is 9.65. The fourth-order valence-electron chi connectivity index (χ4n) is 4.22. The molecule has 0 fully saturated rings. The normalized spacial score (nSPS) is 11.8. The number of anilines is 2. The van der Waals surface area contributed by atoms with E-state index in [-0.39, 0.29) is 22.8 Å². The van der Waals surface area contributed by atoms with Crippen LogP contribution in [0.25, 0.3) is 17.3 Å². The Kier molecular flexibility index (Phi) is 10.8. The first-order valence-electron chi connectivity index (χ1n) is 14.0. The maximum absolute atomic E-state index is 13.4. The SMILES string of the molecule is CCC(Sc1cccc(NC(=O)/C(=C/c2cccs2)NC(=O)c2ccccc2)c1)C(=O)Nc1nc(-c2cccc(OC)c2)cs1. The highest BCUT2D eigenvalue weighted by atomic mass is 32.2. The molecule has 0 spiro atoms. The van der Waals surface area contributed by atoms with E-state index in [0.29, 0.717) is 22.8 Å². The summed E-state index contributed by atoms with van der Waals surface area (Å²) in [6.07, 6.45) is 2.23. The molecular weight excluding hydrogens is 625 g/mol. The van der Waals surface area contributed by atoms with Crippen molar-refractivity contribution in [3.8, 4) is 17.0 Å². The first-order chi connectivity index (χ1) is 21.9. The molecule has 45 heavy (non-hydrogen) atoms. The highest BCUT2D eigenvalue weighted by molar-refractivity contribution is 8.00. The molecule has 0 saturated heterocycles. The highest BCUT2D eigenvalue weighted by Crippen LogP contribution is 2.31. The Labute approximate surface area is 273 Å². The van der Waals surface area contributed by atoms with Crippen LogP contribution >= 0.6 is 34.4 Å². The van der Waals surface area contributed by atoms with Crippen molar-refractivity contribution in [1.82, 2.24) is 10.3 Å². The Morgan fingerprint density at radius 1 is 0.933 bits per heavy atom. The Bertz CT molecular complexity index is 1800. The average Bonchev–Trinajstić information content (AvgIpc) is 3.76. The van der Waals surface area contributed by atoms with Crippen molar-refractivity contribution in [3.05, 3.63) is 118 Å². The van der Waals surface area contributed by atoms with Gasteiger partial charge in [-0.15, -0.1) is 34.4 Å². The Hall–Kier alpha value is -4.71. The molecule has 5 rings (SSSR count). The molecule has 3 aromatic carbocycles. The van der Waals surface area contributed by atoms with Crippen LogP contribution in [0.5, 0.6) is 5.75 Å². The van der Waals surface area contributed by atoms with E-state index in [9.17, 15) is 14.4 Å². The molecule has 5 aromatic rings. The Morgan fingerprint density at radius 3 is 2.51 bits per heavy atom. The first-order valence-corrected chi connectivity index (χ1v) is 16.7. The third-order valence-electron chi connectivity index (χ3n) is 6.49. The molecule has 228 valence electrons. The molecule has 0 radical (unpaired) electrons. The van der Waals surface area contributed by atoms with E-state index in [0.717, 1.165) is 26.8 Å². The zero-order valence-corrected chi connectivity index (χ0v) is 26.9. The van der Waals surface area contributed by atoms with Crippen LogP contribution < -0.4 is 20.7 Å². The maximum atomic E-state index is 13.4. The number of nitrogens with zero attached hydrogens (tertiary/aromatic N) is 1. The molecule has 2 heterocycles. The molecule has 0 aliphatic heterocycles. The third-order valence-corrected chi connectivity index (χ3v) is 9.43. The number of thioether (sulfide) groups is 1. The van der Waals surface area contributed by atoms with E-state index in [1.54, 1.807) is 43.5 Å². The van der Waals surface area contributed by atoms with Gasteiger partial charge in [0, 0.05) is 32.0 Å². The Morgan fingerprint density at radius 2 is 1.76 bits per heavy atom. The number of hydrogen-bond donors (Lipinski definition) is 3. The molecule has 2 aromatic heterocycles. The number of rotatable bonds is 12. The lowest BCUT2D eigenvalue weighted by molar-refractivity contribution is -0.116. The van der Waals surface area contributed by atoms with Gasteiger partial charge in [0.2, 0.25) is 5.91 Å². The minimum Gasteiger partial charge on any atom is -0.497 e. The molecule has 0 bridgehead atoms. The lowest BCUT2D eigenvalue weighted by Gasteiger charge is -2.15. The van der Waals surface area contributed by atoms with E-state index >= 15 is 0 Å². The number of carbonyl (C=O) groups is 3. The summed E-state index contributed by atoms with van der Waals surface area (Å²) in [4.78, 5) is 45.7. The van der Waals surface area contributed by atoms with Gasteiger partial charge in [-0.25, -0.2) is 4.98 Å². The highest BCUT2D eigenvalue weighted by Gasteiger charge is 2.21. The molecule has 1 unspecified atom stereocenters. The molecule has 0 saturated carbocycles. The number of methoxy groups -OCH3 is 1. The van der Waals surface area contributed by atoms with Crippen LogP contribution in [0.1, 0.15) is 28.6 Å². The van der Waals surface area contributed by atoms with Gasteiger partial charge in [0.25, 0.3) is 11.8 Å². The third kappa shape index (κ3) is 8.69. The summed E-state index contributed by atoms with van der Waals surface area (Å²) in [5, 5.41) is 12.5. The number of aromatic nitrogens is 1. The predicted octanol–water partition coefficient (Wildman–Crippen LogP) is 7.80. The van der Waals surface area contributed by atoms with Crippen molar-refractivity contribution in [2.75, 3.05) is 17.7 Å². The van der Waals surface area contributed by atoms with E-state index in [4.69, 9.17) is 4.74 Å². The zero-order valence-electron chi connectivity index (χ0n) is 24.5. The summed E-state index contributed by atoms with van der Waals surface area (Å²) < 4.78 is 5.31. The van der Waals surface area contributed by atoms with Crippen LogP contribution in [0.3, 0.4) is 0 Å². The summed E-state index contributed by atoms with van der Waals surface area (Å²) in [7, 11) is 1.62. The van der Waals surface area contributed by atoms with Gasteiger partial charge < -0.3 is 20.7 Å². The van der Waals surface area contributed by atoms with E-state index in [2.05, 4.69) is 20.9 Å². The number of carbonyl (C=O) groups excluding carboxylic acids is 3. The fourth-order valence-corrected chi connectivity index (χ4v) is 6.62. The number of hydrogen-bond acceptors (Lipinski definition) is 8. The van der Waals surface area contributed by atoms with Gasteiger partial charge in [0.05, 0.1) is 18.1 Å². The zero-order chi connectivity index (χ0) is 31.6. The lowest BCUT2D eigenvalue weighted by Crippen LogP contribution is -2.30. The number of benzene rings is 3. The van der Waals surface area contributed by atoms with Crippen LogP contribution in [-0.2, 0) is 9.59 Å². The summed E-state index contributed by atoms with van der Waals surface area (Å²) in [6, 6.07) is 27.3. The van der Waals surface area contributed by atoms with E-state index < -0.39 is 5.91 Å². The molecule has 0 aliphatic carbocycles. The number of nitrogens with one attached hydrogen (secondary N) is 3. The minimum atomic E-state index is -0.463. The second kappa shape index (κ2) is 15.3. The molecule has 3 N–H and O–H groups in total. The smallest absolute Gasteiger partial charge is 0.272 e. The number of ether oxygens (including phenoxy) is 1. The van der Waals surface area contributed by atoms with Crippen LogP contribution in [0.4, 0.5) is 10.8 Å². The van der Waals surface area contributed by atoms with Gasteiger partial charge >= 0.3 is 0 Å². The van der Waals surface area contributed by atoms with Crippen molar-refractivity contribution in [2.45, 2.75) is 23.5 Å². The summed E-state index contributed by atoms with van der Waals surface area (Å²) in [6.45, 7) is 1.95. The van der Waals surface area contributed by atoms with Crippen molar-refractivity contribution in [3.63, 3.8) is 0 Å². The molecule has 1 atom stereocenters. The van der Waals surface area contributed by atoms with Gasteiger partial charge in [-0.05, 0) is 66.4 Å².